The molecular weight excluding hydrogens is 336 g/mol. The molecule has 1 atom stereocenters. The molecule has 3 heterocycles. The molecule has 0 bridgehead atoms. The molecule has 2 aliphatic heterocycles. The predicted molar refractivity (Wildman–Crippen MR) is 94.0 cm³/mol. The van der Waals surface area contributed by atoms with Gasteiger partial charge in [0.2, 0.25) is 5.91 Å². The predicted octanol–water partition coefficient (Wildman–Crippen LogP) is 1.70. The minimum atomic E-state index is -0.601. The molecule has 2 aliphatic rings. The van der Waals surface area contributed by atoms with Crippen LogP contribution in [0.5, 0.6) is 0 Å². The monoisotopic (exact) mass is 356 g/mol. The SMILES string of the molecule is Cc1ccc2c(CC(=O)N3CCC4(CN(C)C(=O)O4)C3)cc(=O)oc2c1. The van der Waals surface area contributed by atoms with E-state index in [0.717, 1.165) is 10.9 Å². The van der Waals surface area contributed by atoms with Gasteiger partial charge in [-0.2, -0.15) is 0 Å². The molecule has 0 N–H and O–H groups in total. The molecule has 2 amide bonds. The van der Waals surface area contributed by atoms with Crippen LogP contribution in [0.2, 0.25) is 0 Å². The van der Waals surface area contributed by atoms with Gasteiger partial charge in [-0.1, -0.05) is 12.1 Å². The van der Waals surface area contributed by atoms with Gasteiger partial charge in [0.05, 0.1) is 19.5 Å². The topological polar surface area (TPSA) is 80.1 Å². The van der Waals surface area contributed by atoms with E-state index in [4.69, 9.17) is 9.15 Å². The van der Waals surface area contributed by atoms with Crippen molar-refractivity contribution in [3.8, 4) is 0 Å². The number of benzene rings is 1. The van der Waals surface area contributed by atoms with Gasteiger partial charge in [0.1, 0.15) is 5.58 Å². The summed E-state index contributed by atoms with van der Waals surface area (Å²) in [5.41, 5.74) is 1.07. The molecule has 7 nitrogen and oxygen atoms in total. The van der Waals surface area contributed by atoms with Gasteiger partial charge in [-0.25, -0.2) is 9.59 Å². The second-order valence-electron chi connectivity index (χ2n) is 7.24. The molecule has 4 rings (SSSR count). The summed E-state index contributed by atoms with van der Waals surface area (Å²) in [6.07, 6.45) is 0.401. The van der Waals surface area contributed by atoms with Gasteiger partial charge in [-0.05, 0) is 24.1 Å². The number of hydrogen-bond acceptors (Lipinski definition) is 5. The fourth-order valence-electron chi connectivity index (χ4n) is 3.82. The zero-order valence-electron chi connectivity index (χ0n) is 14.8. The molecule has 7 heteroatoms. The largest absolute Gasteiger partial charge is 0.439 e. The number of fused-ring (bicyclic) bond motifs is 1. The Morgan fingerprint density at radius 1 is 1.23 bits per heavy atom. The molecule has 1 spiro atoms. The molecule has 2 aromatic rings. The van der Waals surface area contributed by atoms with E-state index >= 15 is 0 Å². The highest BCUT2D eigenvalue weighted by Gasteiger charge is 2.49. The first-order valence-electron chi connectivity index (χ1n) is 8.61. The molecule has 2 saturated heterocycles. The van der Waals surface area contributed by atoms with Crippen LogP contribution in [0.3, 0.4) is 0 Å². The van der Waals surface area contributed by atoms with Crippen LogP contribution >= 0.6 is 0 Å². The van der Waals surface area contributed by atoms with Gasteiger partial charge < -0.3 is 19.0 Å². The number of nitrogens with zero attached hydrogens (tertiary/aromatic N) is 2. The van der Waals surface area contributed by atoms with Crippen LogP contribution in [0.4, 0.5) is 4.79 Å². The Morgan fingerprint density at radius 3 is 2.77 bits per heavy atom. The Kier molecular flexibility index (Phi) is 3.75. The molecule has 136 valence electrons. The zero-order valence-corrected chi connectivity index (χ0v) is 14.8. The number of carbonyl (C=O) groups is 2. The molecule has 1 aromatic heterocycles. The number of likely N-dealkylation sites (tertiary alicyclic amines) is 1. The van der Waals surface area contributed by atoms with Gasteiger partial charge >= 0.3 is 11.7 Å². The van der Waals surface area contributed by atoms with Crippen LogP contribution < -0.4 is 5.63 Å². The Morgan fingerprint density at radius 2 is 2.04 bits per heavy atom. The second-order valence-corrected chi connectivity index (χ2v) is 7.24. The molecular formula is C19H20N2O5. The summed E-state index contributed by atoms with van der Waals surface area (Å²) >= 11 is 0. The fourth-order valence-corrected chi connectivity index (χ4v) is 3.82. The van der Waals surface area contributed by atoms with Gasteiger partial charge in [0, 0.05) is 31.5 Å². The summed E-state index contributed by atoms with van der Waals surface area (Å²) in [6, 6.07) is 6.97. The number of aryl methyl sites for hydroxylation is 1. The van der Waals surface area contributed by atoms with Crippen LogP contribution in [0, 0.1) is 6.92 Å². The van der Waals surface area contributed by atoms with E-state index in [9.17, 15) is 14.4 Å². The first-order valence-corrected chi connectivity index (χ1v) is 8.61. The van der Waals surface area contributed by atoms with Gasteiger partial charge in [0.25, 0.3) is 0 Å². The Labute approximate surface area is 150 Å². The third-order valence-electron chi connectivity index (χ3n) is 5.14. The highest BCUT2D eigenvalue weighted by molar-refractivity contribution is 5.87. The second kappa shape index (κ2) is 5.86. The summed E-state index contributed by atoms with van der Waals surface area (Å²) in [6.45, 7) is 3.34. The lowest BCUT2D eigenvalue weighted by Gasteiger charge is -2.22. The van der Waals surface area contributed by atoms with E-state index in [1.807, 2.05) is 19.1 Å². The van der Waals surface area contributed by atoms with E-state index in [0.29, 0.717) is 37.2 Å². The van der Waals surface area contributed by atoms with Crippen molar-refractivity contribution in [3.05, 3.63) is 45.8 Å². The van der Waals surface area contributed by atoms with Gasteiger partial charge in [0.15, 0.2) is 5.60 Å². The van der Waals surface area contributed by atoms with Crippen molar-refractivity contribution in [1.29, 1.82) is 0 Å². The quantitative estimate of drug-likeness (QED) is 0.765. The van der Waals surface area contributed by atoms with Gasteiger partial charge in [-0.15, -0.1) is 0 Å². The maximum Gasteiger partial charge on any atom is 0.410 e. The lowest BCUT2D eigenvalue weighted by Crippen LogP contribution is -2.39. The average molecular weight is 356 g/mol. The molecule has 0 radical (unpaired) electrons. The Balaban J connectivity index is 1.55. The van der Waals surface area contributed by atoms with E-state index in [-0.39, 0.29) is 18.4 Å². The van der Waals surface area contributed by atoms with E-state index in [1.54, 1.807) is 18.0 Å². The van der Waals surface area contributed by atoms with E-state index in [2.05, 4.69) is 0 Å². The van der Waals surface area contributed by atoms with Crippen LogP contribution in [0.25, 0.3) is 11.0 Å². The maximum atomic E-state index is 12.8. The smallest absolute Gasteiger partial charge is 0.410 e. The van der Waals surface area contributed by atoms with Gasteiger partial charge in [-0.3, -0.25) is 4.79 Å². The molecule has 0 saturated carbocycles. The fraction of sp³-hybridized carbons (Fsp3) is 0.421. The van der Waals surface area contributed by atoms with Crippen molar-refractivity contribution in [2.45, 2.75) is 25.4 Å². The molecule has 0 aliphatic carbocycles. The first kappa shape index (κ1) is 16.6. The summed E-state index contributed by atoms with van der Waals surface area (Å²) in [4.78, 5) is 39.5. The van der Waals surface area contributed by atoms with Crippen molar-refractivity contribution in [3.63, 3.8) is 0 Å². The van der Waals surface area contributed by atoms with Crippen molar-refractivity contribution in [1.82, 2.24) is 9.80 Å². The van der Waals surface area contributed by atoms with Crippen LogP contribution in [0.15, 0.2) is 33.5 Å². The van der Waals surface area contributed by atoms with Crippen LogP contribution in [0.1, 0.15) is 17.5 Å². The lowest BCUT2D eigenvalue weighted by atomic mass is 10.0. The van der Waals surface area contributed by atoms with E-state index < -0.39 is 11.2 Å². The number of carbonyl (C=O) groups excluding carboxylic acids is 2. The lowest BCUT2D eigenvalue weighted by molar-refractivity contribution is -0.130. The minimum absolute atomic E-state index is 0.0834. The molecule has 2 fully saturated rings. The maximum absolute atomic E-state index is 12.8. The summed E-state index contributed by atoms with van der Waals surface area (Å²) in [5.74, 6) is -0.0834. The highest BCUT2D eigenvalue weighted by atomic mass is 16.6. The van der Waals surface area contributed by atoms with Crippen molar-refractivity contribution >= 4 is 23.0 Å². The molecule has 1 aromatic carbocycles. The number of likely N-dealkylation sites (N-methyl/N-ethyl adjacent to an activating group) is 1. The standard InChI is InChI=1S/C19H20N2O5/c1-12-3-4-14-13(9-17(23)25-15(14)7-12)8-16(22)21-6-5-19(11-21)10-20(2)18(24)26-19/h3-4,7,9H,5-6,8,10-11H2,1-2H3. The molecule has 1 unspecified atom stereocenters. The van der Waals surface area contributed by atoms with E-state index in [1.165, 1.54) is 11.0 Å². The normalized spacial score (nSPS) is 22.5. The number of amides is 2. The highest BCUT2D eigenvalue weighted by Crippen LogP contribution is 2.32. The third kappa shape index (κ3) is 2.83. The van der Waals surface area contributed by atoms with Crippen molar-refractivity contribution in [2.24, 2.45) is 0 Å². The Hall–Kier alpha value is -2.83. The Bertz CT molecular complexity index is 966. The number of hydrogen-bond donors (Lipinski definition) is 0. The van der Waals surface area contributed by atoms with Crippen LogP contribution in [-0.4, -0.2) is 54.1 Å². The summed E-state index contributed by atoms with van der Waals surface area (Å²) in [7, 11) is 1.69. The third-order valence-corrected chi connectivity index (χ3v) is 5.14. The minimum Gasteiger partial charge on any atom is -0.439 e. The zero-order chi connectivity index (χ0) is 18.5. The summed E-state index contributed by atoms with van der Waals surface area (Å²) < 4.78 is 10.7. The average Bonchev–Trinajstić information content (AvgIpc) is 3.09. The van der Waals surface area contributed by atoms with Crippen LogP contribution in [-0.2, 0) is 16.0 Å². The van der Waals surface area contributed by atoms with Crippen molar-refractivity contribution < 1.29 is 18.7 Å². The number of rotatable bonds is 2. The number of ether oxygens (including phenoxy) is 1. The molecule has 26 heavy (non-hydrogen) atoms. The van der Waals surface area contributed by atoms with Crippen molar-refractivity contribution in [2.75, 3.05) is 26.7 Å². The summed E-state index contributed by atoms with van der Waals surface area (Å²) in [5, 5.41) is 0.768. The first-order chi connectivity index (χ1) is 12.3.